The Balaban J connectivity index is 2.00. The number of halogens is 2. The van der Waals surface area contributed by atoms with E-state index in [1.165, 1.54) is 11.3 Å². The summed E-state index contributed by atoms with van der Waals surface area (Å²) in [6.07, 6.45) is -0.670. The highest BCUT2D eigenvalue weighted by Crippen LogP contribution is 2.20. The molecule has 2 rings (SSSR count). The van der Waals surface area contributed by atoms with Gasteiger partial charge in [0.05, 0.1) is 11.7 Å². The summed E-state index contributed by atoms with van der Waals surface area (Å²) in [6, 6.07) is 7.41. The van der Waals surface area contributed by atoms with Crippen LogP contribution in [0.3, 0.4) is 0 Å². The summed E-state index contributed by atoms with van der Waals surface area (Å²) in [4.78, 5) is 12.0. The zero-order valence-electron chi connectivity index (χ0n) is 9.77. The maximum Gasteiger partial charge on any atom is 0.252 e. The highest BCUT2D eigenvalue weighted by atomic mass is 127. The zero-order chi connectivity index (χ0) is 13.8. The fourth-order valence-corrected chi connectivity index (χ4v) is 3.16. The van der Waals surface area contributed by atoms with Gasteiger partial charge in [0.25, 0.3) is 5.91 Å². The smallest absolute Gasteiger partial charge is 0.252 e. The minimum Gasteiger partial charge on any atom is -0.387 e. The number of hydrogen-bond acceptors (Lipinski definition) is 3. The van der Waals surface area contributed by atoms with Crippen molar-refractivity contribution in [1.29, 1.82) is 0 Å². The number of benzene rings is 1. The molecule has 3 nitrogen and oxygen atoms in total. The first-order valence-corrected chi connectivity index (χ1v) is 8.33. The van der Waals surface area contributed by atoms with E-state index in [1.54, 1.807) is 6.07 Å². The predicted octanol–water partition coefficient (Wildman–Crippen LogP) is 3.58. The molecule has 0 spiro atoms. The van der Waals surface area contributed by atoms with Crippen LogP contribution in [-0.2, 0) is 0 Å². The Hall–Kier alpha value is -0.440. The van der Waals surface area contributed by atoms with Crippen LogP contribution in [0.25, 0.3) is 0 Å². The Morgan fingerprint density at radius 2 is 2.26 bits per heavy atom. The summed E-state index contributed by atoms with van der Waals surface area (Å²) in [6.45, 7) is 0.202. The third-order valence-electron chi connectivity index (χ3n) is 2.56. The normalized spacial score (nSPS) is 12.2. The van der Waals surface area contributed by atoms with Crippen molar-refractivity contribution in [2.45, 2.75) is 6.10 Å². The Morgan fingerprint density at radius 3 is 2.95 bits per heavy atom. The molecule has 1 unspecified atom stereocenters. The van der Waals surface area contributed by atoms with Gasteiger partial charge >= 0.3 is 0 Å². The van der Waals surface area contributed by atoms with Crippen molar-refractivity contribution < 1.29 is 9.90 Å². The fourth-order valence-electron chi connectivity index (χ4n) is 1.54. The van der Waals surface area contributed by atoms with Crippen molar-refractivity contribution in [3.63, 3.8) is 0 Å². The van der Waals surface area contributed by atoms with Crippen molar-refractivity contribution in [3.05, 3.63) is 54.2 Å². The molecule has 0 aliphatic carbocycles. The van der Waals surface area contributed by atoms with E-state index in [4.69, 9.17) is 0 Å². The number of carbonyl (C=O) groups excluding carboxylic acids is 1. The van der Waals surface area contributed by atoms with Crippen molar-refractivity contribution in [3.8, 4) is 0 Å². The van der Waals surface area contributed by atoms with E-state index in [9.17, 15) is 9.90 Å². The second kappa shape index (κ2) is 6.83. The molecule has 6 heteroatoms. The predicted molar refractivity (Wildman–Crippen MR) is 88.5 cm³/mol. The van der Waals surface area contributed by atoms with Crippen molar-refractivity contribution >= 4 is 55.8 Å². The van der Waals surface area contributed by atoms with Crippen LogP contribution in [0.1, 0.15) is 22.0 Å². The van der Waals surface area contributed by atoms with Gasteiger partial charge in [-0.15, -0.1) is 0 Å². The summed E-state index contributed by atoms with van der Waals surface area (Å²) in [7, 11) is 0. The summed E-state index contributed by atoms with van der Waals surface area (Å²) >= 11 is 7.03. The largest absolute Gasteiger partial charge is 0.387 e. The number of hydrogen-bond donors (Lipinski definition) is 2. The minimum atomic E-state index is -0.670. The van der Waals surface area contributed by atoms with Crippen LogP contribution in [0.4, 0.5) is 0 Å². The molecule has 0 radical (unpaired) electrons. The van der Waals surface area contributed by atoms with E-state index in [1.807, 2.05) is 29.0 Å². The molecule has 0 saturated heterocycles. The number of amides is 1. The van der Waals surface area contributed by atoms with Crippen LogP contribution in [0, 0.1) is 3.57 Å². The van der Waals surface area contributed by atoms with Crippen LogP contribution >= 0.6 is 49.9 Å². The van der Waals surface area contributed by atoms with Gasteiger partial charge in [-0.05, 0) is 79.1 Å². The molecule has 19 heavy (non-hydrogen) atoms. The second-order valence-electron chi connectivity index (χ2n) is 3.91. The molecule has 0 aliphatic rings. The molecule has 0 saturated carbocycles. The van der Waals surface area contributed by atoms with Gasteiger partial charge in [0.15, 0.2) is 0 Å². The quantitative estimate of drug-likeness (QED) is 0.698. The molecular weight excluding hydrogens is 441 g/mol. The molecule has 0 fully saturated rings. The highest BCUT2D eigenvalue weighted by molar-refractivity contribution is 14.1. The zero-order valence-corrected chi connectivity index (χ0v) is 14.3. The number of rotatable bonds is 4. The van der Waals surface area contributed by atoms with Crippen LogP contribution in [0.2, 0.25) is 0 Å². The molecule has 2 N–H and O–H groups in total. The number of aliphatic hydroxyl groups is 1. The average molecular weight is 452 g/mol. The first-order valence-electron chi connectivity index (χ1n) is 5.51. The van der Waals surface area contributed by atoms with Crippen molar-refractivity contribution in [2.75, 3.05) is 6.54 Å². The topological polar surface area (TPSA) is 49.3 Å². The lowest BCUT2D eigenvalue weighted by atomic mass is 10.2. The van der Waals surface area contributed by atoms with Crippen molar-refractivity contribution in [1.82, 2.24) is 5.32 Å². The van der Waals surface area contributed by atoms with E-state index in [0.717, 1.165) is 13.6 Å². The van der Waals surface area contributed by atoms with Gasteiger partial charge < -0.3 is 10.4 Å². The third kappa shape index (κ3) is 4.01. The van der Waals surface area contributed by atoms with Crippen molar-refractivity contribution in [2.24, 2.45) is 0 Å². The molecule has 100 valence electrons. The number of carbonyl (C=O) groups is 1. The molecule has 1 amide bonds. The van der Waals surface area contributed by atoms with E-state index >= 15 is 0 Å². The van der Waals surface area contributed by atoms with Gasteiger partial charge in [-0.3, -0.25) is 4.79 Å². The molecule has 0 aliphatic heterocycles. The Bertz CT molecular complexity index is 574. The maximum atomic E-state index is 12.0. The van der Waals surface area contributed by atoms with E-state index in [2.05, 4.69) is 43.8 Å². The number of thiophene rings is 1. The summed E-state index contributed by atoms with van der Waals surface area (Å²) in [5.41, 5.74) is 1.40. The maximum absolute atomic E-state index is 12.0. The fraction of sp³-hybridized carbons (Fsp3) is 0.154. The van der Waals surface area contributed by atoms with Gasteiger partial charge in [0.1, 0.15) is 0 Å². The average Bonchev–Trinajstić information content (AvgIpc) is 2.92. The lowest BCUT2D eigenvalue weighted by Gasteiger charge is -2.11. The highest BCUT2D eigenvalue weighted by Gasteiger charge is 2.13. The molecule has 1 atom stereocenters. The van der Waals surface area contributed by atoms with Gasteiger partial charge in [-0.25, -0.2) is 0 Å². The Morgan fingerprint density at radius 1 is 1.47 bits per heavy atom. The van der Waals surface area contributed by atoms with E-state index < -0.39 is 6.10 Å². The van der Waals surface area contributed by atoms with Crippen LogP contribution in [-0.4, -0.2) is 17.6 Å². The van der Waals surface area contributed by atoms with E-state index in [-0.39, 0.29) is 12.5 Å². The lowest BCUT2D eigenvalue weighted by Crippen LogP contribution is -2.28. The summed E-state index contributed by atoms with van der Waals surface area (Å²) in [5.74, 6) is -0.195. The monoisotopic (exact) mass is 451 g/mol. The lowest BCUT2D eigenvalue weighted by molar-refractivity contribution is 0.0915. The first-order chi connectivity index (χ1) is 9.08. The Labute approximate surface area is 137 Å². The molecule has 1 aromatic carbocycles. The Kier molecular flexibility index (Phi) is 5.37. The number of nitrogens with one attached hydrogen (secondary N) is 1. The van der Waals surface area contributed by atoms with Gasteiger partial charge in [-0.1, -0.05) is 0 Å². The van der Waals surface area contributed by atoms with Crippen LogP contribution < -0.4 is 5.32 Å². The van der Waals surface area contributed by atoms with E-state index in [0.29, 0.717) is 5.56 Å². The third-order valence-corrected chi connectivity index (χ3v) is 4.62. The molecular formula is C13H11BrINO2S. The van der Waals surface area contributed by atoms with Gasteiger partial charge in [0.2, 0.25) is 0 Å². The van der Waals surface area contributed by atoms with Crippen LogP contribution in [0.5, 0.6) is 0 Å². The number of aliphatic hydroxyl groups excluding tert-OH is 1. The molecule has 0 bridgehead atoms. The van der Waals surface area contributed by atoms with Crippen LogP contribution in [0.15, 0.2) is 39.5 Å². The van der Waals surface area contributed by atoms with Gasteiger partial charge in [-0.2, -0.15) is 11.3 Å². The summed E-state index contributed by atoms with van der Waals surface area (Å²) < 4.78 is 1.74. The molecule has 2 aromatic rings. The summed E-state index contributed by atoms with van der Waals surface area (Å²) in [5, 5.41) is 16.4. The molecule has 1 heterocycles. The first kappa shape index (κ1) is 15.0. The molecule has 1 aromatic heterocycles. The SMILES string of the molecule is O=C(NCC(O)c1ccsc1)c1cc(I)ccc1Br. The second-order valence-corrected chi connectivity index (χ2v) is 6.79. The standard InChI is InChI=1S/C13H11BrINO2S/c14-11-2-1-9(15)5-10(11)13(18)16-6-12(17)8-3-4-19-7-8/h1-5,7,12,17H,6H2,(H,16,18). The minimum absolute atomic E-state index is 0.195. The van der Waals surface area contributed by atoms with Gasteiger partial charge in [0, 0.05) is 14.6 Å².